The van der Waals surface area contributed by atoms with Gasteiger partial charge in [-0.25, -0.2) is 4.39 Å². The van der Waals surface area contributed by atoms with Crippen LogP contribution in [0.2, 0.25) is 0 Å². The smallest absolute Gasteiger partial charge is 0.137 e. The Hall–Kier alpha value is -0.100. The molecule has 0 amide bonds. The molecule has 100 valence electrons. The lowest BCUT2D eigenvalue weighted by molar-refractivity contribution is 0.218. The van der Waals surface area contributed by atoms with Gasteiger partial charge in [-0.15, -0.1) is 0 Å². The Morgan fingerprint density at radius 3 is 2.94 bits per heavy atom. The normalized spacial score (nSPS) is 19.5. The maximum atomic E-state index is 13.3. The molecule has 1 atom stereocenters. The first kappa shape index (κ1) is 14.3. The van der Waals surface area contributed by atoms with Gasteiger partial charge >= 0.3 is 0 Å². The van der Waals surface area contributed by atoms with Gasteiger partial charge in [-0.2, -0.15) is 11.8 Å². The summed E-state index contributed by atoms with van der Waals surface area (Å²) in [6.07, 6.45) is 1.20. The second-order valence-corrected chi connectivity index (χ2v) is 6.51. The van der Waals surface area contributed by atoms with Crippen molar-refractivity contribution in [1.29, 1.82) is 0 Å². The molecule has 1 aliphatic heterocycles. The molecular weight excluding hydrogens is 315 g/mol. The first-order valence-corrected chi connectivity index (χ1v) is 8.14. The van der Waals surface area contributed by atoms with Crippen LogP contribution in [-0.4, -0.2) is 36.0 Å². The number of thioether (sulfide) groups is 1. The van der Waals surface area contributed by atoms with Crippen LogP contribution in [-0.2, 0) is 0 Å². The molecule has 5 heteroatoms. The Morgan fingerprint density at radius 1 is 1.39 bits per heavy atom. The van der Waals surface area contributed by atoms with Gasteiger partial charge in [0.2, 0.25) is 0 Å². The molecule has 0 saturated carbocycles. The van der Waals surface area contributed by atoms with E-state index in [2.05, 4.69) is 20.8 Å². The minimum atomic E-state index is -0.221. The predicted octanol–water partition coefficient (Wildman–Crippen LogP) is 3.03. The zero-order valence-electron chi connectivity index (χ0n) is 10.2. The second-order valence-electron chi connectivity index (χ2n) is 4.43. The molecule has 1 saturated heterocycles. The molecule has 1 aromatic carbocycles. The molecule has 0 bridgehead atoms. The number of hydrogen-bond acceptors (Lipinski definition) is 3. The van der Waals surface area contributed by atoms with Gasteiger partial charge < -0.3 is 5.73 Å². The number of halogens is 2. The minimum Gasteiger partial charge on any atom is -0.329 e. The van der Waals surface area contributed by atoms with E-state index < -0.39 is 0 Å². The van der Waals surface area contributed by atoms with Crippen molar-refractivity contribution in [3.63, 3.8) is 0 Å². The minimum absolute atomic E-state index is 0.195. The van der Waals surface area contributed by atoms with Gasteiger partial charge in [0.25, 0.3) is 0 Å². The molecule has 1 aromatic rings. The molecule has 1 heterocycles. The lowest BCUT2D eigenvalue weighted by Crippen LogP contribution is -2.35. The summed E-state index contributed by atoms with van der Waals surface area (Å²) in [5, 5.41) is 0. The van der Waals surface area contributed by atoms with Crippen molar-refractivity contribution in [2.24, 2.45) is 5.73 Å². The molecule has 0 spiro atoms. The van der Waals surface area contributed by atoms with E-state index in [1.165, 1.54) is 18.2 Å². The summed E-state index contributed by atoms with van der Waals surface area (Å²) in [7, 11) is 0. The van der Waals surface area contributed by atoms with Crippen LogP contribution in [0.5, 0.6) is 0 Å². The Bertz CT molecular complexity index is 395. The summed E-state index contributed by atoms with van der Waals surface area (Å²) in [6.45, 7) is 2.70. The largest absolute Gasteiger partial charge is 0.329 e. The van der Waals surface area contributed by atoms with Crippen LogP contribution in [0.1, 0.15) is 18.0 Å². The SMILES string of the molecule is NCC(c1ccc(F)c(Br)c1)N1CCCSCC1. The highest BCUT2D eigenvalue weighted by molar-refractivity contribution is 9.10. The van der Waals surface area contributed by atoms with Crippen LogP contribution in [0.25, 0.3) is 0 Å². The van der Waals surface area contributed by atoms with Crippen molar-refractivity contribution in [1.82, 2.24) is 4.90 Å². The van der Waals surface area contributed by atoms with Crippen LogP contribution in [0.3, 0.4) is 0 Å². The third kappa shape index (κ3) is 3.47. The zero-order valence-corrected chi connectivity index (χ0v) is 12.6. The maximum Gasteiger partial charge on any atom is 0.137 e. The van der Waals surface area contributed by atoms with Crippen LogP contribution in [0, 0.1) is 5.82 Å². The summed E-state index contributed by atoms with van der Waals surface area (Å²) < 4.78 is 13.8. The Kier molecular flexibility index (Phi) is 5.48. The van der Waals surface area contributed by atoms with E-state index in [0.717, 1.165) is 24.4 Å². The fraction of sp³-hybridized carbons (Fsp3) is 0.538. The monoisotopic (exact) mass is 332 g/mol. The summed E-state index contributed by atoms with van der Waals surface area (Å²) >= 11 is 5.24. The number of hydrogen-bond donors (Lipinski definition) is 1. The standard InChI is InChI=1S/C13H18BrFN2S/c14-11-8-10(2-3-12(11)15)13(9-16)17-4-1-6-18-7-5-17/h2-3,8,13H,1,4-7,9,16H2. The number of benzene rings is 1. The second kappa shape index (κ2) is 6.89. The quantitative estimate of drug-likeness (QED) is 0.922. The van der Waals surface area contributed by atoms with Gasteiger partial charge in [-0.1, -0.05) is 6.07 Å². The van der Waals surface area contributed by atoms with Gasteiger partial charge in [0.15, 0.2) is 0 Å². The van der Waals surface area contributed by atoms with E-state index >= 15 is 0 Å². The van der Waals surface area contributed by atoms with Crippen molar-refractivity contribution in [3.8, 4) is 0 Å². The summed E-state index contributed by atoms with van der Waals surface area (Å²) in [6, 6.07) is 5.40. The van der Waals surface area contributed by atoms with Gasteiger partial charge in [-0.3, -0.25) is 4.90 Å². The lowest BCUT2D eigenvalue weighted by Gasteiger charge is -2.30. The summed E-state index contributed by atoms with van der Waals surface area (Å²) in [5.41, 5.74) is 7.01. The van der Waals surface area contributed by atoms with E-state index in [0.29, 0.717) is 11.0 Å². The van der Waals surface area contributed by atoms with E-state index in [1.54, 1.807) is 0 Å². The molecule has 2 nitrogen and oxygen atoms in total. The molecule has 2 rings (SSSR count). The van der Waals surface area contributed by atoms with Gasteiger partial charge in [-0.05, 0) is 52.3 Å². The highest BCUT2D eigenvalue weighted by atomic mass is 79.9. The van der Waals surface area contributed by atoms with E-state index in [-0.39, 0.29) is 11.9 Å². The number of rotatable bonds is 3. The third-order valence-electron chi connectivity index (χ3n) is 3.25. The Balaban J connectivity index is 2.17. The van der Waals surface area contributed by atoms with Crippen LogP contribution in [0.15, 0.2) is 22.7 Å². The predicted molar refractivity (Wildman–Crippen MR) is 79.4 cm³/mol. The molecule has 2 N–H and O–H groups in total. The average Bonchev–Trinajstić information content (AvgIpc) is 2.64. The topological polar surface area (TPSA) is 29.3 Å². The number of nitrogens with zero attached hydrogens (tertiary/aromatic N) is 1. The average molecular weight is 333 g/mol. The van der Waals surface area contributed by atoms with Crippen molar-refractivity contribution in [2.75, 3.05) is 31.1 Å². The Labute approximate surface area is 120 Å². The molecule has 18 heavy (non-hydrogen) atoms. The molecule has 0 aromatic heterocycles. The van der Waals surface area contributed by atoms with Crippen LogP contribution >= 0.6 is 27.7 Å². The van der Waals surface area contributed by atoms with Crippen LogP contribution in [0.4, 0.5) is 4.39 Å². The molecule has 0 radical (unpaired) electrons. The lowest BCUT2D eigenvalue weighted by atomic mass is 10.0. The fourth-order valence-corrected chi connectivity index (χ4v) is 3.59. The highest BCUT2D eigenvalue weighted by Crippen LogP contribution is 2.26. The van der Waals surface area contributed by atoms with Crippen LogP contribution < -0.4 is 5.73 Å². The highest BCUT2D eigenvalue weighted by Gasteiger charge is 2.20. The first-order chi connectivity index (χ1) is 8.72. The molecule has 1 unspecified atom stereocenters. The van der Waals surface area contributed by atoms with Crippen molar-refractivity contribution in [2.45, 2.75) is 12.5 Å². The van der Waals surface area contributed by atoms with E-state index in [9.17, 15) is 4.39 Å². The van der Waals surface area contributed by atoms with Gasteiger partial charge in [0.05, 0.1) is 4.47 Å². The van der Waals surface area contributed by atoms with E-state index in [1.807, 2.05) is 23.9 Å². The number of nitrogens with two attached hydrogens (primary N) is 1. The maximum absolute atomic E-state index is 13.3. The molecular formula is C13H18BrFN2S. The molecule has 1 aliphatic rings. The molecule has 0 aliphatic carbocycles. The molecule has 1 fully saturated rings. The van der Waals surface area contributed by atoms with Crippen molar-refractivity contribution < 1.29 is 4.39 Å². The van der Waals surface area contributed by atoms with Gasteiger partial charge in [0, 0.05) is 24.9 Å². The summed E-state index contributed by atoms with van der Waals surface area (Å²) in [4.78, 5) is 2.42. The summed E-state index contributed by atoms with van der Waals surface area (Å²) in [5.74, 6) is 2.15. The Morgan fingerprint density at radius 2 is 2.22 bits per heavy atom. The van der Waals surface area contributed by atoms with E-state index in [4.69, 9.17) is 5.73 Å². The van der Waals surface area contributed by atoms with Crippen molar-refractivity contribution >= 4 is 27.7 Å². The van der Waals surface area contributed by atoms with Crippen molar-refractivity contribution in [3.05, 3.63) is 34.1 Å². The third-order valence-corrected chi connectivity index (χ3v) is 4.91. The first-order valence-electron chi connectivity index (χ1n) is 6.19. The fourth-order valence-electron chi connectivity index (χ4n) is 2.29. The van der Waals surface area contributed by atoms with Gasteiger partial charge in [0.1, 0.15) is 5.82 Å². The zero-order chi connectivity index (χ0) is 13.0.